The summed E-state index contributed by atoms with van der Waals surface area (Å²) in [5.41, 5.74) is 0.434. The van der Waals surface area contributed by atoms with Gasteiger partial charge in [0, 0.05) is 22.2 Å². The number of hydrogen-bond donors (Lipinski definition) is 2. The molecule has 0 saturated carbocycles. The van der Waals surface area contributed by atoms with Gasteiger partial charge in [0.25, 0.3) is 0 Å². The van der Waals surface area contributed by atoms with Gasteiger partial charge >= 0.3 is 5.97 Å². The van der Waals surface area contributed by atoms with E-state index in [0.29, 0.717) is 28.0 Å². The number of aromatic nitrogens is 2. The van der Waals surface area contributed by atoms with Crippen LogP contribution < -0.4 is 5.32 Å². The van der Waals surface area contributed by atoms with Crippen molar-refractivity contribution in [3.63, 3.8) is 0 Å². The van der Waals surface area contributed by atoms with Crippen LogP contribution >= 0.6 is 11.3 Å². The van der Waals surface area contributed by atoms with Crippen molar-refractivity contribution in [1.29, 1.82) is 0 Å². The minimum atomic E-state index is -1.06. The number of fused-ring (bicyclic) bond motifs is 1. The van der Waals surface area contributed by atoms with E-state index in [4.69, 9.17) is 0 Å². The van der Waals surface area contributed by atoms with Gasteiger partial charge in [-0.15, -0.1) is 11.3 Å². The van der Waals surface area contributed by atoms with E-state index in [-0.39, 0.29) is 11.4 Å². The maximum atomic E-state index is 14.0. The van der Waals surface area contributed by atoms with E-state index < -0.39 is 11.8 Å². The Morgan fingerprint density at radius 1 is 1.43 bits per heavy atom. The second-order valence-corrected chi connectivity index (χ2v) is 5.33. The van der Waals surface area contributed by atoms with E-state index in [9.17, 15) is 14.3 Å². The molecule has 108 valence electrons. The zero-order valence-corrected chi connectivity index (χ0v) is 11.5. The first-order valence-corrected chi connectivity index (χ1v) is 6.87. The highest BCUT2D eigenvalue weighted by Crippen LogP contribution is 2.33. The van der Waals surface area contributed by atoms with Gasteiger partial charge in [-0.1, -0.05) is 11.2 Å². The molecule has 0 amide bonds. The summed E-state index contributed by atoms with van der Waals surface area (Å²) in [6, 6.07) is 4.60. The van der Waals surface area contributed by atoms with Crippen molar-refractivity contribution in [2.45, 2.75) is 13.1 Å². The van der Waals surface area contributed by atoms with Crippen LogP contribution in [0.15, 0.2) is 29.1 Å². The van der Waals surface area contributed by atoms with Crippen LogP contribution in [0.4, 0.5) is 4.39 Å². The van der Waals surface area contributed by atoms with Gasteiger partial charge in [-0.2, -0.15) is 4.98 Å². The number of nitrogens with one attached hydrogen (secondary N) is 1. The number of rotatable bonds is 5. The third-order valence-electron chi connectivity index (χ3n) is 2.95. The van der Waals surface area contributed by atoms with Gasteiger partial charge in [0.15, 0.2) is 5.82 Å². The van der Waals surface area contributed by atoms with E-state index in [1.165, 1.54) is 12.5 Å². The second-order valence-electron chi connectivity index (χ2n) is 4.28. The van der Waals surface area contributed by atoms with Crippen molar-refractivity contribution in [1.82, 2.24) is 15.5 Å². The minimum absolute atomic E-state index is 0.135. The molecule has 0 atom stereocenters. The molecule has 3 aromatic rings. The van der Waals surface area contributed by atoms with E-state index in [0.717, 1.165) is 11.3 Å². The third-order valence-corrected chi connectivity index (χ3v) is 4.13. The molecule has 3 rings (SSSR count). The molecule has 0 spiro atoms. The third kappa shape index (κ3) is 2.63. The van der Waals surface area contributed by atoms with Crippen molar-refractivity contribution in [2.75, 3.05) is 0 Å². The highest BCUT2D eigenvalue weighted by molar-refractivity contribution is 7.21. The minimum Gasteiger partial charge on any atom is -0.477 e. The topological polar surface area (TPSA) is 88.2 Å². The number of benzene rings is 1. The van der Waals surface area contributed by atoms with Crippen molar-refractivity contribution < 1.29 is 18.8 Å². The smallest absolute Gasteiger partial charge is 0.346 e. The van der Waals surface area contributed by atoms with Crippen LogP contribution in [0.2, 0.25) is 0 Å². The summed E-state index contributed by atoms with van der Waals surface area (Å²) < 4.78 is 19.2. The largest absolute Gasteiger partial charge is 0.477 e. The quantitative estimate of drug-likeness (QED) is 0.752. The predicted octanol–water partition coefficient (Wildman–Crippen LogP) is 2.41. The highest BCUT2D eigenvalue weighted by Gasteiger charge is 2.19. The maximum absolute atomic E-state index is 14.0. The Morgan fingerprint density at radius 3 is 3.00 bits per heavy atom. The van der Waals surface area contributed by atoms with E-state index in [1.807, 2.05) is 0 Å². The average molecular weight is 307 g/mol. The molecule has 0 aliphatic rings. The monoisotopic (exact) mass is 307 g/mol. The Balaban J connectivity index is 1.91. The van der Waals surface area contributed by atoms with Crippen LogP contribution in [0, 0.1) is 5.82 Å². The summed E-state index contributed by atoms with van der Waals surface area (Å²) in [6.07, 6.45) is 1.21. The molecule has 0 aliphatic heterocycles. The van der Waals surface area contributed by atoms with Gasteiger partial charge in [-0.25, -0.2) is 9.18 Å². The number of aromatic carboxylic acids is 1. The van der Waals surface area contributed by atoms with E-state index >= 15 is 0 Å². The maximum Gasteiger partial charge on any atom is 0.346 e. The van der Waals surface area contributed by atoms with Gasteiger partial charge in [-0.05, 0) is 12.1 Å². The lowest BCUT2D eigenvalue weighted by Crippen LogP contribution is -2.15. The number of thiophene rings is 1. The molecule has 6 nitrogen and oxygen atoms in total. The molecule has 2 aromatic heterocycles. The summed E-state index contributed by atoms with van der Waals surface area (Å²) >= 11 is 1.06. The van der Waals surface area contributed by atoms with Crippen molar-refractivity contribution in [3.8, 4) is 0 Å². The molecule has 2 heterocycles. The SMILES string of the molecule is O=C(O)c1sc2cccc(F)c2c1CNCc1ncon1. The van der Waals surface area contributed by atoms with Gasteiger partial charge in [0.1, 0.15) is 10.7 Å². The molecule has 0 saturated heterocycles. The summed E-state index contributed by atoms with van der Waals surface area (Å²) in [5.74, 6) is -1.04. The zero-order valence-electron chi connectivity index (χ0n) is 10.7. The van der Waals surface area contributed by atoms with Crippen LogP contribution in [0.25, 0.3) is 10.1 Å². The molecule has 2 N–H and O–H groups in total. The number of nitrogens with zero attached hydrogens (tertiary/aromatic N) is 2. The second kappa shape index (κ2) is 5.58. The molecular weight excluding hydrogens is 297 g/mol. The van der Waals surface area contributed by atoms with Crippen molar-refractivity contribution in [2.24, 2.45) is 0 Å². The van der Waals surface area contributed by atoms with Crippen LogP contribution in [-0.2, 0) is 13.1 Å². The predicted molar refractivity (Wildman–Crippen MR) is 73.6 cm³/mol. The summed E-state index contributed by atoms with van der Waals surface area (Å²) in [7, 11) is 0. The van der Waals surface area contributed by atoms with Crippen LogP contribution in [-0.4, -0.2) is 21.2 Å². The van der Waals surface area contributed by atoms with E-state index in [2.05, 4.69) is 20.0 Å². The van der Waals surface area contributed by atoms with Gasteiger partial charge in [0.05, 0.1) is 6.54 Å². The zero-order chi connectivity index (χ0) is 14.8. The molecule has 0 fully saturated rings. The molecule has 21 heavy (non-hydrogen) atoms. The fourth-order valence-electron chi connectivity index (χ4n) is 2.08. The first-order valence-electron chi connectivity index (χ1n) is 6.06. The highest BCUT2D eigenvalue weighted by atomic mass is 32.1. The lowest BCUT2D eigenvalue weighted by Gasteiger charge is -2.03. The van der Waals surface area contributed by atoms with Crippen LogP contribution in [0.5, 0.6) is 0 Å². The van der Waals surface area contributed by atoms with E-state index in [1.54, 1.807) is 12.1 Å². The number of carboxylic acids is 1. The number of carbonyl (C=O) groups is 1. The Hall–Kier alpha value is -2.32. The molecule has 0 radical (unpaired) electrons. The first-order chi connectivity index (χ1) is 10.2. The summed E-state index contributed by atoms with van der Waals surface area (Å²) in [4.78, 5) is 15.3. The Morgan fingerprint density at radius 2 is 2.29 bits per heavy atom. The normalized spacial score (nSPS) is 11.1. The fourth-order valence-corrected chi connectivity index (χ4v) is 3.15. The molecule has 1 aromatic carbocycles. The van der Waals surface area contributed by atoms with Crippen molar-refractivity contribution >= 4 is 27.4 Å². The Bertz CT molecular complexity index is 785. The number of carboxylic acid groups (broad SMARTS) is 1. The fraction of sp³-hybridized carbons (Fsp3) is 0.154. The summed E-state index contributed by atoms with van der Waals surface area (Å²) in [5, 5.41) is 16.2. The van der Waals surface area contributed by atoms with Gasteiger partial charge < -0.3 is 14.9 Å². The Kier molecular flexibility index (Phi) is 3.63. The summed E-state index contributed by atoms with van der Waals surface area (Å²) in [6.45, 7) is 0.512. The lowest BCUT2D eigenvalue weighted by atomic mass is 10.1. The number of hydrogen-bond acceptors (Lipinski definition) is 6. The van der Waals surface area contributed by atoms with Crippen LogP contribution in [0.3, 0.4) is 0 Å². The molecule has 0 unspecified atom stereocenters. The average Bonchev–Trinajstić information content (AvgIpc) is 3.07. The molecule has 8 heteroatoms. The molecular formula is C13H10FN3O3S. The molecule has 0 aliphatic carbocycles. The van der Waals surface area contributed by atoms with Crippen LogP contribution in [0.1, 0.15) is 21.1 Å². The first kappa shape index (κ1) is 13.7. The Labute approximate surface area is 122 Å². The van der Waals surface area contributed by atoms with Crippen molar-refractivity contribution in [3.05, 3.63) is 46.7 Å². The standard InChI is InChI=1S/C13H10FN3O3S/c14-8-2-1-3-9-11(8)7(12(21-9)13(18)19)4-15-5-10-16-6-20-17-10/h1-3,6,15H,4-5H2,(H,18,19). The lowest BCUT2D eigenvalue weighted by molar-refractivity contribution is 0.0701. The molecule has 0 bridgehead atoms. The van der Waals surface area contributed by atoms with Gasteiger partial charge in [-0.3, -0.25) is 0 Å². The van der Waals surface area contributed by atoms with Gasteiger partial charge in [0.2, 0.25) is 6.39 Å². The number of halogens is 1.